The predicted molar refractivity (Wildman–Crippen MR) is 57.4 cm³/mol. The second-order valence-corrected chi connectivity index (χ2v) is 3.29. The van der Waals surface area contributed by atoms with Crippen LogP contribution in [0.1, 0.15) is 23.5 Å². The van der Waals surface area contributed by atoms with Crippen molar-refractivity contribution >= 4 is 12.3 Å². The molecule has 1 heterocycles. The van der Waals surface area contributed by atoms with Crippen molar-refractivity contribution in [1.29, 1.82) is 0 Å². The van der Waals surface area contributed by atoms with Crippen LogP contribution < -0.4 is 0 Å². The number of aldehydes is 1. The molecule has 0 aromatic carbocycles. The fourth-order valence-corrected chi connectivity index (χ4v) is 1.32. The number of ether oxygens (including phenoxy) is 2. The Morgan fingerprint density at radius 3 is 2.94 bits per heavy atom. The zero-order valence-corrected chi connectivity index (χ0v) is 9.38. The largest absolute Gasteiger partial charge is 0.462 e. The summed E-state index contributed by atoms with van der Waals surface area (Å²) >= 11 is 0. The van der Waals surface area contributed by atoms with E-state index in [2.05, 4.69) is 0 Å². The monoisotopic (exact) mass is 225 g/mol. The van der Waals surface area contributed by atoms with Crippen LogP contribution in [0.5, 0.6) is 0 Å². The molecule has 1 rings (SSSR count). The molecule has 1 atom stereocenters. The van der Waals surface area contributed by atoms with E-state index in [-0.39, 0.29) is 12.6 Å². The summed E-state index contributed by atoms with van der Waals surface area (Å²) in [4.78, 5) is 22.3. The maximum atomic E-state index is 11.6. The van der Waals surface area contributed by atoms with Gasteiger partial charge in [-0.1, -0.05) is 0 Å². The van der Waals surface area contributed by atoms with E-state index in [9.17, 15) is 9.59 Å². The molecule has 0 saturated heterocycles. The number of methoxy groups -OCH3 is 1. The van der Waals surface area contributed by atoms with Crippen LogP contribution in [0, 0.1) is 0 Å². The minimum Gasteiger partial charge on any atom is -0.462 e. The Labute approximate surface area is 94.0 Å². The van der Waals surface area contributed by atoms with Gasteiger partial charge in [-0.2, -0.15) is 0 Å². The SMILES string of the molecule is COCCOC(=O)C(C)n1cccc1C=O. The standard InChI is InChI=1S/C11H15NO4/c1-9(11(14)16-7-6-15-2)12-5-3-4-10(12)8-13/h3-5,8-9H,6-7H2,1-2H3. The van der Waals surface area contributed by atoms with Crippen LogP contribution >= 0.6 is 0 Å². The highest BCUT2D eigenvalue weighted by atomic mass is 16.6. The van der Waals surface area contributed by atoms with Gasteiger partial charge in [-0.3, -0.25) is 4.79 Å². The molecule has 0 aliphatic carbocycles. The maximum absolute atomic E-state index is 11.6. The second-order valence-electron chi connectivity index (χ2n) is 3.29. The van der Waals surface area contributed by atoms with E-state index in [0.29, 0.717) is 18.6 Å². The lowest BCUT2D eigenvalue weighted by Gasteiger charge is -2.14. The first-order valence-corrected chi connectivity index (χ1v) is 4.98. The molecular weight excluding hydrogens is 210 g/mol. The first kappa shape index (κ1) is 12.4. The summed E-state index contributed by atoms with van der Waals surface area (Å²) in [6, 6.07) is 2.85. The average Bonchev–Trinajstić information content (AvgIpc) is 2.76. The number of hydrogen-bond donors (Lipinski definition) is 0. The van der Waals surface area contributed by atoms with Gasteiger partial charge in [0.25, 0.3) is 0 Å². The number of rotatable bonds is 6. The van der Waals surface area contributed by atoms with Gasteiger partial charge >= 0.3 is 5.97 Å². The summed E-state index contributed by atoms with van der Waals surface area (Å²) in [6.07, 6.45) is 2.38. The third kappa shape index (κ3) is 2.93. The van der Waals surface area contributed by atoms with E-state index in [1.165, 1.54) is 7.11 Å². The van der Waals surface area contributed by atoms with Gasteiger partial charge < -0.3 is 14.0 Å². The Morgan fingerprint density at radius 2 is 2.31 bits per heavy atom. The van der Waals surface area contributed by atoms with Gasteiger partial charge in [0, 0.05) is 13.3 Å². The summed E-state index contributed by atoms with van der Waals surface area (Å²) < 4.78 is 11.3. The maximum Gasteiger partial charge on any atom is 0.328 e. The van der Waals surface area contributed by atoms with Crippen molar-refractivity contribution in [2.75, 3.05) is 20.3 Å². The number of aromatic nitrogens is 1. The topological polar surface area (TPSA) is 57.5 Å². The second kappa shape index (κ2) is 6.07. The summed E-state index contributed by atoms with van der Waals surface area (Å²) in [6.45, 7) is 2.27. The number of esters is 1. The highest BCUT2D eigenvalue weighted by molar-refractivity contribution is 5.77. The minimum absolute atomic E-state index is 0.220. The molecule has 1 unspecified atom stereocenters. The van der Waals surface area contributed by atoms with Crippen LogP contribution in [0.3, 0.4) is 0 Å². The van der Waals surface area contributed by atoms with Crippen molar-refractivity contribution in [2.24, 2.45) is 0 Å². The smallest absolute Gasteiger partial charge is 0.328 e. The third-order valence-electron chi connectivity index (χ3n) is 2.22. The van der Waals surface area contributed by atoms with Crippen molar-refractivity contribution < 1.29 is 19.1 Å². The summed E-state index contributed by atoms with van der Waals surface area (Å²) in [5.74, 6) is -0.378. The molecule has 0 fully saturated rings. The molecule has 5 nitrogen and oxygen atoms in total. The fraction of sp³-hybridized carbons (Fsp3) is 0.455. The molecule has 0 bridgehead atoms. The van der Waals surface area contributed by atoms with Crippen LogP contribution in [-0.2, 0) is 14.3 Å². The van der Waals surface area contributed by atoms with Gasteiger partial charge in [0.15, 0.2) is 6.29 Å². The molecule has 0 aliphatic rings. The molecule has 1 aromatic heterocycles. The van der Waals surface area contributed by atoms with Gasteiger partial charge in [-0.15, -0.1) is 0 Å². The Kier molecular flexibility index (Phi) is 4.72. The molecule has 1 aromatic rings. The van der Waals surface area contributed by atoms with Crippen LogP contribution in [-0.4, -0.2) is 37.1 Å². The summed E-state index contributed by atoms with van der Waals surface area (Å²) in [5.41, 5.74) is 0.455. The highest BCUT2D eigenvalue weighted by Crippen LogP contribution is 2.11. The molecule has 0 spiro atoms. The number of carbonyl (C=O) groups excluding carboxylic acids is 2. The lowest BCUT2D eigenvalue weighted by Crippen LogP contribution is -2.21. The quantitative estimate of drug-likeness (QED) is 0.412. The summed E-state index contributed by atoms with van der Waals surface area (Å²) in [5, 5.41) is 0. The minimum atomic E-state index is -0.507. The molecule has 16 heavy (non-hydrogen) atoms. The normalized spacial score (nSPS) is 12.1. The molecule has 88 valence electrons. The Bertz CT molecular complexity index is 359. The van der Waals surface area contributed by atoms with Gasteiger partial charge in [0.1, 0.15) is 12.6 Å². The lowest BCUT2D eigenvalue weighted by molar-refractivity contribution is -0.148. The van der Waals surface area contributed by atoms with Gasteiger partial charge in [-0.25, -0.2) is 4.79 Å². The number of nitrogens with zero attached hydrogens (tertiary/aromatic N) is 1. The first-order valence-electron chi connectivity index (χ1n) is 4.98. The molecule has 0 aliphatic heterocycles. The lowest BCUT2D eigenvalue weighted by atomic mass is 10.3. The molecule has 0 radical (unpaired) electrons. The fourth-order valence-electron chi connectivity index (χ4n) is 1.32. The van der Waals surface area contributed by atoms with E-state index in [1.54, 1.807) is 29.8 Å². The number of carbonyl (C=O) groups is 2. The predicted octanol–water partition coefficient (Wildman–Crippen LogP) is 1.05. The van der Waals surface area contributed by atoms with Crippen molar-refractivity contribution in [2.45, 2.75) is 13.0 Å². The van der Waals surface area contributed by atoms with Crippen LogP contribution in [0.2, 0.25) is 0 Å². The zero-order valence-electron chi connectivity index (χ0n) is 9.38. The third-order valence-corrected chi connectivity index (χ3v) is 2.22. The molecule has 0 amide bonds. The van der Waals surface area contributed by atoms with E-state index < -0.39 is 6.04 Å². The van der Waals surface area contributed by atoms with Crippen LogP contribution in [0.15, 0.2) is 18.3 Å². The van der Waals surface area contributed by atoms with Crippen molar-refractivity contribution in [3.8, 4) is 0 Å². The Hall–Kier alpha value is -1.62. The van der Waals surface area contributed by atoms with Crippen molar-refractivity contribution in [1.82, 2.24) is 4.57 Å². The van der Waals surface area contributed by atoms with E-state index in [4.69, 9.17) is 9.47 Å². The molecule has 5 heteroatoms. The molecule has 0 N–H and O–H groups in total. The van der Waals surface area contributed by atoms with Crippen LogP contribution in [0.4, 0.5) is 0 Å². The Balaban J connectivity index is 2.59. The molecular formula is C11H15NO4. The van der Waals surface area contributed by atoms with Gasteiger partial charge in [-0.05, 0) is 19.1 Å². The van der Waals surface area contributed by atoms with Crippen molar-refractivity contribution in [3.05, 3.63) is 24.0 Å². The Morgan fingerprint density at radius 1 is 1.56 bits per heavy atom. The van der Waals surface area contributed by atoms with Crippen molar-refractivity contribution in [3.63, 3.8) is 0 Å². The first-order chi connectivity index (χ1) is 7.70. The summed E-state index contributed by atoms with van der Waals surface area (Å²) in [7, 11) is 1.54. The highest BCUT2D eigenvalue weighted by Gasteiger charge is 2.17. The zero-order chi connectivity index (χ0) is 12.0. The van der Waals surface area contributed by atoms with E-state index >= 15 is 0 Å². The average molecular weight is 225 g/mol. The number of hydrogen-bond acceptors (Lipinski definition) is 4. The van der Waals surface area contributed by atoms with Gasteiger partial charge in [0.05, 0.1) is 12.3 Å². The molecule has 0 saturated carbocycles. The van der Waals surface area contributed by atoms with E-state index in [0.717, 1.165) is 0 Å². The van der Waals surface area contributed by atoms with E-state index in [1.807, 2.05) is 0 Å². The van der Waals surface area contributed by atoms with Gasteiger partial charge in [0.2, 0.25) is 0 Å². The van der Waals surface area contributed by atoms with Crippen LogP contribution in [0.25, 0.3) is 0 Å².